The van der Waals surface area contributed by atoms with Crippen LogP contribution in [0.5, 0.6) is 0 Å². The molecule has 16 heavy (non-hydrogen) atoms. The van der Waals surface area contributed by atoms with Crippen molar-refractivity contribution in [2.45, 2.75) is 5.75 Å². The number of hydrogen-bond donors (Lipinski definition) is 1. The van der Waals surface area contributed by atoms with Crippen LogP contribution in [0.1, 0.15) is 5.56 Å². The van der Waals surface area contributed by atoms with E-state index in [0.29, 0.717) is 17.4 Å². The molecule has 1 aliphatic heterocycles. The normalized spacial score (nSPS) is 18.1. The van der Waals surface area contributed by atoms with Crippen LogP contribution >= 0.6 is 11.6 Å². The van der Waals surface area contributed by atoms with Crippen LogP contribution in [0.3, 0.4) is 0 Å². The Morgan fingerprint density at radius 2 is 2.25 bits per heavy atom. The van der Waals surface area contributed by atoms with E-state index in [-0.39, 0.29) is 5.02 Å². The minimum Gasteiger partial charge on any atom is -0.316 e. The lowest BCUT2D eigenvalue weighted by atomic mass is 10.1. The van der Waals surface area contributed by atoms with Crippen LogP contribution in [0.4, 0.5) is 4.39 Å². The first-order chi connectivity index (χ1) is 7.65. The summed E-state index contributed by atoms with van der Waals surface area (Å²) in [5.74, 6) is 1.17. The molecular weight excluding hydrogens is 249 g/mol. The third-order valence-corrected chi connectivity index (χ3v) is 4.40. The van der Waals surface area contributed by atoms with Crippen molar-refractivity contribution in [2.75, 3.05) is 18.8 Å². The van der Waals surface area contributed by atoms with Gasteiger partial charge in [0.1, 0.15) is 5.82 Å². The molecule has 1 atom stereocenters. The van der Waals surface area contributed by atoms with E-state index < -0.39 is 16.6 Å². The van der Waals surface area contributed by atoms with Gasteiger partial charge in [0.2, 0.25) is 0 Å². The summed E-state index contributed by atoms with van der Waals surface area (Å²) >= 11 is 5.57. The Labute approximate surface area is 102 Å². The highest BCUT2D eigenvalue weighted by molar-refractivity contribution is 7.84. The van der Waals surface area contributed by atoms with E-state index >= 15 is 0 Å². The fourth-order valence-corrected chi connectivity index (χ4v) is 3.15. The first kappa shape index (κ1) is 12.0. The number of hydrogen-bond acceptors (Lipinski definition) is 2. The molecule has 1 N–H and O–H groups in total. The zero-order valence-corrected chi connectivity index (χ0v) is 10.3. The molecular formula is C11H13ClFNOS. The van der Waals surface area contributed by atoms with Crippen molar-refractivity contribution in [3.8, 4) is 0 Å². The highest BCUT2D eigenvalue weighted by Gasteiger charge is 2.19. The van der Waals surface area contributed by atoms with E-state index in [2.05, 4.69) is 5.32 Å². The zero-order chi connectivity index (χ0) is 11.5. The predicted octanol–water partition coefficient (Wildman–Crippen LogP) is 1.95. The standard InChI is InChI=1S/C11H13ClFNOS/c12-10-2-1-8(3-11(10)13)6-16(15)7-9-4-14-5-9/h1-3,9,14H,4-7H2. The Hall–Kier alpha value is -0.450. The maximum atomic E-state index is 13.1. The lowest BCUT2D eigenvalue weighted by molar-refractivity contribution is 0.382. The number of benzene rings is 1. The van der Waals surface area contributed by atoms with Crippen molar-refractivity contribution in [2.24, 2.45) is 5.92 Å². The van der Waals surface area contributed by atoms with Gasteiger partial charge in [-0.05, 0) is 23.6 Å². The largest absolute Gasteiger partial charge is 0.316 e. The van der Waals surface area contributed by atoms with E-state index in [9.17, 15) is 8.60 Å². The topological polar surface area (TPSA) is 29.1 Å². The second-order valence-corrected chi connectivity index (χ2v) is 5.93. The summed E-state index contributed by atoms with van der Waals surface area (Å²) in [5.41, 5.74) is 0.743. The molecule has 88 valence electrons. The highest BCUT2D eigenvalue weighted by atomic mass is 35.5. The lowest BCUT2D eigenvalue weighted by Gasteiger charge is -2.26. The van der Waals surface area contributed by atoms with Gasteiger partial charge < -0.3 is 5.32 Å². The minimum absolute atomic E-state index is 0.109. The molecule has 0 amide bonds. The SMILES string of the molecule is O=S(Cc1ccc(Cl)c(F)c1)CC1CNC1. The fourth-order valence-electron chi connectivity index (χ4n) is 1.60. The number of nitrogens with one attached hydrogen (secondary N) is 1. The molecule has 1 aliphatic rings. The summed E-state index contributed by atoms with van der Waals surface area (Å²) < 4.78 is 24.9. The molecule has 0 spiro atoms. The number of halogens is 2. The Kier molecular flexibility index (Phi) is 3.95. The van der Waals surface area contributed by atoms with Crippen LogP contribution in [0.2, 0.25) is 5.02 Å². The van der Waals surface area contributed by atoms with Crippen molar-refractivity contribution in [1.82, 2.24) is 5.32 Å². The summed E-state index contributed by atoms with van der Waals surface area (Å²) in [4.78, 5) is 0. The van der Waals surface area contributed by atoms with Crippen molar-refractivity contribution in [3.63, 3.8) is 0 Å². The molecule has 1 fully saturated rings. The van der Waals surface area contributed by atoms with E-state index in [1.165, 1.54) is 12.1 Å². The number of rotatable bonds is 4. The molecule has 0 bridgehead atoms. The van der Waals surface area contributed by atoms with Gasteiger partial charge in [-0.2, -0.15) is 0 Å². The first-order valence-corrected chi connectivity index (χ1v) is 7.01. The molecule has 1 aromatic rings. The Morgan fingerprint density at radius 3 is 2.81 bits per heavy atom. The molecule has 0 aromatic heterocycles. The average Bonchev–Trinajstić information content (AvgIpc) is 2.18. The molecule has 0 saturated carbocycles. The first-order valence-electron chi connectivity index (χ1n) is 5.15. The minimum atomic E-state index is -0.914. The van der Waals surface area contributed by atoms with Crippen LogP contribution in [0, 0.1) is 11.7 Å². The smallest absolute Gasteiger partial charge is 0.142 e. The second-order valence-electron chi connectivity index (χ2n) is 4.02. The van der Waals surface area contributed by atoms with E-state index in [1.54, 1.807) is 6.07 Å². The van der Waals surface area contributed by atoms with Crippen molar-refractivity contribution in [3.05, 3.63) is 34.6 Å². The molecule has 2 rings (SSSR count). The fraction of sp³-hybridized carbons (Fsp3) is 0.455. The van der Waals surface area contributed by atoms with E-state index in [4.69, 9.17) is 11.6 Å². The summed E-state index contributed by atoms with van der Waals surface area (Å²) in [6.45, 7) is 1.89. The van der Waals surface area contributed by atoms with Crippen LogP contribution in [-0.4, -0.2) is 23.1 Å². The van der Waals surface area contributed by atoms with Gasteiger partial charge >= 0.3 is 0 Å². The molecule has 1 saturated heterocycles. The van der Waals surface area contributed by atoms with Crippen molar-refractivity contribution in [1.29, 1.82) is 0 Å². The van der Waals surface area contributed by atoms with Crippen molar-refractivity contribution >= 4 is 22.4 Å². The zero-order valence-electron chi connectivity index (χ0n) is 8.71. The summed E-state index contributed by atoms with van der Waals surface area (Å²) in [5, 5.41) is 3.24. The lowest BCUT2D eigenvalue weighted by Crippen LogP contribution is -2.44. The van der Waals surface area contributed by atoms with E-state index in [0.717, 1.165) is 18.7 Å². The second kappa shape index (κ2) is 5.25. The van der Waals surface area contributed by atoms with Crippen LogP contribution < -0.4 is 5.32 Å². The summed E-state index contributed by atoms with van der Waals surface area (Å²) in [6, 6.07) is 4.59. The molecule has 2 nitrogen and oxygen atoms in total. The van der Waals surface area contributed by atoms with E-state index in [1.807, 2.05) is 0 Å². The predicted molar refractivity (Wildman–Crippen MR) is 64.5 cm³/mol. The van der Waals surface area contributed by atoms with Gasteiger partial charge in [-0.1, -0.05) is 17.7 Å². The van der Waals surface area contributed by atoms with Crippen LogP contribution in [0.25, 0.3) is 0 Å². The highest BCUT2D eigenvalue weighted by Crippen LogP contribution is 2.17. The Bertz CT molecular complexity index is 409. The third-order valence-electron chi connectivity index (χ3n) is 2.60. The van der Waals surface area contributed by atoms with Gasteiger partial charge in [0, 0.05) is 35.4 Å². The molecule has 1 unspecified atom stereocenters. The molecule has 1 aromatic carbocycles. The van der Waals surface area contributed by atoms with Gasteiger partial charge in [0.05, 0.1) is 5.02 Å². The molecule has 0 radical (unpaired) electrons. The van der Waals surface area contributed by atoms with Gasteiger partial charge in [-0.3, -0.25) is 4.21 Å². The van der Waals surface area contributed by atoms with Crippen molar-refractivity contribution < 1.29 is 8.60 Å². The Morgan fingerprint density at radius 1 is 1.50 bits per heavy atom. The quantitative estimate of drug-likeness (QED) is 0.898. The van der Waals surface area contributed by atoms with Crippen LogP contribution in [0.15, 0.2) is 18.2 Å². The molecule has 0 aliphatic carbocycles. The Balaban J connectivity index is 1.92. The molecule has 5 heteroatoms. The summed E-state index contributed by atoms with van der Waals surface area (Å²) in [6.07, 6.45) is 0. The monoisotopic (exact) mass is 261 g/mol. The maximum Gasteiger partial charge on any atom is 0.142 e. The summed E-state index contributed by atoms with van der Waals surface area (Å²) in [7, 11) is -0.914. The van der Waals surface area contributed by atoms with Gasteiger partial charge in [-0.25, -0.2) is 4.39 Å². The van der Waals surface area contributed by atoms with Gasteiger partial charge in [0.25, 0.3) is 0 Å². The third kappa shape index (κ3) is 3.03. The average molecular weight is 262 g/mol. The molecule has 1 heterocycles. The van der Waals surface area contributed by atoms with Gasteiger partial charge in [0.15, 0.2) is 0 Å². The maximum absolute atomic E-state index is 13.1. The van der Waals surface area contributed by atoms with Crippen LogP contribution in [-0.2, 0) is 16.6 Å². The van der Waals surface area contributed by atoms with Gasteiger partial charge in [-0.15, -0.1) is 0 Å².